The zero-order valence-electron chi connectivity index (χ0n) is 21.2. The quantitative estimate of drug-likeness (QED) is 0.292. The van der Waals surface area contributed by atoms with Gasteiger partial charge in [-0.15, -0.1) is 0 Å². The fourth-order valence-corrected chi connectivity index (χ4v) is 4.80. The van der Waals surface area contributed by atoms with Crippen LogP contribution in [0.25, 0.3) is 11.0 Å². The van der Waals surface area contributed by atoms with Crippen molar-refractivity contribution in [2.24, 2.45) is 0 Å². The predicted molar refractivity (Wildman–Crippen MR) is 140 cm³/mol. The van der Waals surface area contributed by atoms with E-state index in [-0.39, 0.29) is 17.1 Å². The fourth-order valence-electron chi connectivity index (χ4n) is 4.80. The number of rotatable bonds is 9. The predicted octanol–water partition coefficient (Wildman–Crippen LogP) is 5.27. The zero-order chi connectivity index (χ0) is 25.9. The summed E-state index contributed by atoms with van der Waals surface area (Å²) in [6.45, 7) is 3.21. The maximum Gasteiger partial charge on any atom is 0.290 e. The van der Waals surface area contributed by atoms with Crippen LogP contribution in [0, 0.1) is 6.92 Å². The standard InChI is InChI=1S/C30H29NO6/c1-19-10-12-23-22(16-19)28(32)26-27(31(14-7-15-34-2)30(33)29(26)37-23)21-11-13-24(25(17-21)35-3)36-18-20-8-5-4-6-9-20/h4-6,8-13,16-17,27H,7,14-15,18H2,1-3H3. The number of amides is 1. The molecule has 1 atom stereocenters. The van der Waals surface area contributed by atoms with Gasteiger partial charge in [-0.1, -0.05) is 48.0 Å². The van der Waals surface area contributed by atoms with E-state index in [1.807, 2.05) is 61.5 Å². The van der Waals surface area contributed by atoms with Gasteiger partial charge in [0.05, 0.1) is 24.1 Å². The molecule has 3 aromatic carbocycles. The number of benzene rings is 3. The third kappa shape index (κ3) is 4.70. The van der Waals surface area contributed by atoms with Crippen LogP contribution < -0.4 is 14.9 Å². The van der Waals surface area contributed by atoms with Crippen LogP contribution in [-0.4, -0.2) is 38.2 Å². The van der Waals surface area contributed by atoms with Crippen LogP contribution in [0.5, 0.6) is 11.5 Å². The number of hydrogen-bond acceptors (Lipinski definition) is 6. The first-order chi connectivity index (χ1) is 18.0. The molecule has 190 valence electrons. The van der Waals surface area contributed by atoms with Gasteiger partial charge in [-0.25, -0.2) is 0 Å². The maximum absolute atomic E-state index is 13.7. The van der Waals surface area contributed by atoms with Crippen molar-refractivity contribution in [1.29, 1.82) is 0 Å². The Morgan fingerprint density at radius 1 is 0.946 bits per heavy atom. The molecule has 1 aromatic heterocycles. The van der Waals surface area contributed by atoms with Crippen LogP contribution in [0.1, 0.15) is 45.3 Å². The smallest absolute Gasteiger partial charge is 0.290 e. The van der Waals surface area contributed by atoms with E-state index in [0.717, 1.165) is 16.7 Å². The molecule has 2 heterocycles. The number of hydrogen-bond donors (Lipinski definition) is 0. The van der Waals surface area contributed by atoms with Crippen molar-refractivity contribution in [2.45, 2.75) is 26.0 Å². The molecule has 7 heteroatoms. The molecule has 1 aliphatic rings. The largest absolute Gasteiger partial charge is 0.493 e. The first kappa shape index (κ1) is 24.6. The number of nitrogens with zero attached hydrogens (tertiary/aromatic N) is 1. The van der Waals surface area contributed by atoms with Gasteiger partial charge in [-0.2, -0.15) is 0 Å². The molecule has 1 aliphatic heterocycles. The second kappa shape index (κ2) is 10.5. The summed E-state index contributed by atoms with van der Waals surface area (Å²) in [5, 5.41) is 0.463. The minimum atomic E-state index is -0.613. The number of carbonyl (C=O) groups excluding carboxylic acids is 1. The minimum Gasteiger partial charge on any atom is -0.493 e. The number of fused-ring (bicyclic) bond motifs is 2. The topological polar surface area (TPSA) is 78.2 Å². The third-order valence-electron chi connectivity index (χ3n) is 6.61. The molecule has 4 aromatic rings. The molecule has 0 saturated heterocycles. The average molecular weight is 500 g/mol. The molecule has 0 spiro atoms. The van der Waals surface area contributed by atoms with Crippen molar-refractivity contribution in [3.8, 4) is 11.5 Å². The molecule has 0 saturated carbocycles. The number of ether oxygens (including phenoxy) is 3. The van der Waals surface area contributed by atoms with Gasteiger partial charge in [0, 0.05) is 20.3 Å². The Morgan fingerprint density at radius 3 is 2.51 bits per heavy atom. The van der Waals surface area contributed by atoms with Gasteiger partial charge in [0.25, 0.3) is 5.91 Å². The maximum atomic E-state index is 13.7. The van der Waals surface area contributed by atoms with Crippen LogP contribution in [0.3, 0.4) is 0 Å². The Labute approximate surface area is 215 Å². The van der Waals surface area contributed by atoms with Crippen LogP contribution in [-0.2, 0) is 11.3 Å². The van der Waals surface area contributed by atoms with Gasteiger partial charge in [0.15, 0.2) is 16.9 Å². The summed E-state index contributed by atoms with van der Waals surface area (Å²) in [4.78, 5) is 28.9. The third-order valence-corrected chi connectivity index (χ3v) is 6.61. The van der Waals surface area contributed by atoms with Crippen LogP contribution in [0.15, 0.2) is 75.9 Å². The van der Waals surface area contributed by atoms with E-state index in [2.05, 4.69) is 0 Å². The molecule has 0 aliphatic carbocycles. The van der Waals surface area contributed by atoms with Crippen molar-refractivity contribution >= 4 is 16.9 Å². The molecule has 0 bridgehead atoms. The summed E-state index contributed by atoms with van der Waals surface area (Å²) in [7, 11) is 3.19. The van der Waals surface area contributed by atoms with Crippen molar-refractivity contribution in [3.05, 3.63) is 105 Å². The highest BCUT2D eigenvalue weighted by Crippen LogP contribution is 2.41. The molecular formula is C30H29NO6. The van der Waals surface area contributed by atoms with Crippen molar-refractivity contribution < 1.29 is 23.4 Å². The summed E-state index contributed by atoms with van der Waals surface area (Å²) < 4.78 is 22.9. The van der Waals surface area contributed by atoms with Gasteiger partial charge in [-0.05, 0) is 48.7 Å². The summed E-state index contributed by atoms with van der Waals surface area (Å²) in [5.74, 6) is 0.880. The Hall–Kier alpha value is -4.10. The molecule has 1 amide bonds. The molecule has 0 radical (unpaired) electrons. The lowest BCUT2D eigenvalue weighted by Gasteiger charge is -2.25. The molecule has 5 rings (SSSR count). The van der Waals surface area contributed by atoms with Crippen LogP contribution in [0.4, 0.5) is 0 Å². The van der Waals surface area contributed by atoms with Gasteiger partial charge in [-0.3, -0.25) is 9.59 Å². The van der Waals surface area contributed by atoms with Crippen molar-refractivity contribution in [3.63, 3.8) is 0 Å². The molecule has 1 unspecified atom stereocenters. The highest BCUT2D eigenvalue weighted by Gasteiger charge is 2.42. The lowest BCUT2D eigenvalue weighted by Crippen LogP contribution is -2.31. The SMILES string of the molecule is COCCCN1C(=O)c2oc3ccc(C)cc3c(=O)c2C1c1ccc(OCc2ccccc2)c(OC)c1. The summed E-state index contributed by atoms with van der Waals surface area (Å²) in [5.41, 5.74) is 3.28. The van der Waals surface area contributed by atoms with Crippen molar-refractivity contribution in [2.75, 3.05) is 27.4 Å². The lowest BCUT2D eigenvalue weighted by molar-refractivity contribution is 0.0707. The highest BCUT2D eigenvalue weighted by atomic mass is 16.5. The van der Waals surface area contributed by atoms with E-state index in [9.17, 15) is 9.59 Å². The molecular weight excluding hydrogens is 470 g/mol. The molecule has 7 nitrogen and oxygen atoms in total. The number of methoxy groups -OCH3 is 2. The Balaban J connectivity index is 1.57. The molecule has 37 heavy (non-hydrogen) atoms. The molecule has 0 N–H and O–H groups in total. The average Bonchev–Trinajstić information content (AvgIpc) is 3.20. The van der Waals surface area contributed by atoms with Crippen LogP contribution in [0.2, 0.25) is 0 Å². The second-order valence-corrected chi connectivity index (χ2v) is 9.11. The van der Waals surface area contributed by atoms with Gasteiger partial charge in [0.2, 0.25) is 5.76 Å². The van der Waals surface area contributed by atoms with E-state index >= 15 is 0 Å². The lowest BCUT2D eigenvalue weighted by atomic mass is 9.97. The normalized spacial score (nSPS) is 14.7. The Morgan fingerprint density at radius 2 is 1.76 bits per heavy atom. The first-order valence-corrected chi connectivity index (χ1v) is 12.2. The summed E-state index contributed by atoms with van der Waals surface area (Å²) in [6, 6.07) is 20.2. The van der Waals surface area contributed by atoms with Crippen LogP contribution >= 0.6 is 0 Å². The summed E-state index contributed by atoms with van der Waals surface area (Å²) in [6.07, 6.45) is 0.620. The van der Waals surface area contributed by atoms with Gasteiger partial charge in [0.1, 0.15) is 12.2 Å². The van der Waals surface area contributed by atoms with E-state index < -0.39 is 6.04 Å². The first-order valence-electron chi connectivity index (χ1n) is 12.2. The van der Waals surface area contributed by atoms with E-state index in [1.54, 1.807) is 31.3 Å². The fraction of sp³-hybridized carbons (Fsp3) is 0.267. The minimum absolute atomic E-state index is 0.0899. The highest BCUT2D eigenvalue weighted by molar-refractivity contribution is 5.99. The van der Waals surface area contributed by atoms with E-state index in [4.69, 9.17) is 18.6 Å². The van der Waals surface area contributed by atoms with E-state index in [1.165, 1.54) is 0 Å². The van der Waals surface area contributed by atoms with Gasteiger partial charge < -0.3 is 23.5 Å². The Kier molecular flexibility index (Phi) is 6.97. The Bertz CT molecular complexity index is 1490. The zero-order valence-corrected chi connectivity index (χ0v) is 21.2. The summed E-state index contributed by atoms with van der Waals surface area (Å²) >= 11 is 0. The monoisotopic (exact) mass is 499 g/mol. The molecule has 0 fully saturated rings. The second-order valence-electron chi connectivity index (χ2n) is 9.11. The number of aryl methyl sites for hydroxylation is 1. The van der Waals surface area contributed by atoms with Gasteiger partial charge >= 0.3 is 0 Å². The van der Waals surface area contributed by atoms with Crippen molar-refractivity contribution in [1.82, 2.24) is 4.90 Å². The number of carbonyl (C=O) groups is 1. The van der Waals surface area contributed by atoms with E-state index in [0.29, 0.717) is 54.2 Å².